The number of halogens is 1. The van der Waals surface area contributed by atoms with Crippen molar-refractivity contribution in [1.82, 2.24) is 14.6 Å². The third-order valence-electron chi connectivity index (χ3n) is 4.13. The second-order valence-electron chi connectivity index (χ2n) is 6.03. The fraction of sp³-hybridized carbons (Fsp3) is 0.0500. The van der Waals surface area contributed by atoms with E-state index in [2.05, 4.69) is 10.1 Å². The Kier molecular flexibility index (Phi) is 3.93. The van der Waals surface area contributed by atoms with Crippen LogP contribution in [0.5, 0.6) is 5.75 Å². The number of hydrogen-bond acceptors (Lipinski definition) is 4. The van der Waals surface area contributed by atoms with Gasteiger partial charge in [0.25, 0.3) is 0 Å². The molecule has 4 aromatic rings. The zero-order valence-corrected chi connectivity index (χ0v) is 14.6. The number of hydrogen-bond donors (Lipinski definition) is 1. The van der Waals surface area contributed by atoms with Gasteiger partial charge in [-0.1, -0.05) is 41.4 Å². The summed E-state index contributed by atoms with van der Waals surface area (Å²) in [5.74, 6) is -0.493. The molecule has 0 fully saturated rings. The number of carbonyl (C=O) groups excluding carboxylic acids is 1. The Morgan fingerprint density at radius 1 is 1.12 bits per heavy atom. The molecule has 1 N–H and O–H groups in total. The van der Waals surface area contributed by atoms with Crippen LogP contribution in [0.3, 0.4) is 0 Å². The molecule has 0 atom stereocenters. The van der Waals surface area contributed by atoms with E-state index in [1.54, 1.807) is 10.7 Å². The van der Waals surface area contributed by atoms with Gasteiger partial charge >= 0.3 is 0 Å². The number of phenolic OH excluding ortho intramolecular Hbond substituents is 1. The lowest BCUT2D eigenvalue weighted by Crippen LogP contribution is -2.05. The van der Waals surface area contributed by atoms with E-state index in [4.69, 9.17) is 11.6 Å². The van der Waals surface area contributed by atoms with E-state index >= 15 is 0 Å². The molecule has 0 aliphatic heterocycles. The summed E-state index contributed by atoms with van der Waals surface area (Å²) < 4.78 is 1.56. The molecule has 0 unspecified atom stereocenters. The zero-order valence-electron chi connectivity index (χ0n) is 13.8. The van der Waals surface area contributed by atoms with Crippen LogP contribution in [0.2, 0.25) is 5.02 Å². The fourth-order valence-electron chi connectivity index (χ4n) is 2.71. The molecule has 2 heterocycles. The molecule has 4 rings (SSSR count). The molecule has 0 bridgehead atoms. The van der Waals surface area contributed by atoms with Gasteiger partial charge in [0.1, 0.15) is 5.75 Å². The van der Waals surface area contributed by atoms with Crippen LogP contribution in [0.15, 0.2) is 60.9 Å². The van der Waals surface area contributed by atoms with Gasteiger partial charge in [0.2, 0.25) is 0 Å². The first-order valence-corrected chi connectivity index (χ1v) is 8.35. The second kappa shape index (κ2) is 6.28. The Bertz CT molecular complexity index is 1130. The predicted octanol–water partition coefficient (Wildman–Crippen LogP) is 4.29. The summed E-state index contributed by atoms with van der Waals surface area (Å²) in [5, 5.41) is 14.8. The molecule has 128 valence electrons. The van der Waals surface area contributed by atoms with Crippen LogP contribution in [0.4, 0.5) is 0 Å². The lowest BCUT2D eigenvalue weighted by atomic mass is 10.1. The Hall–Kier alpha value is -3.18. The summed E-state index contributed by atoms with van der Waals surface area (Å²) in [7, 11) is 0. The van der Waals surface area contributed by atoms with E-state index in [9.17, 15) is 9.90 Å². The highest BCUT2D eigenvalue weighted by molar-refractivity contribution is 6.31. The van der Waals surface area contributed by atoms with E-state index in [1.165, 1.54) is 30.0 Å². The Morgan fingerprint density at radius 2 is 1.88 bits per heavy atom. The van der Waals surface area contributed by atoms with Gasteiger partial charge in [0.05, 0.1) is 16.8 Å². The molecule has 6 heteroatoms. The van der Waals surface area contributed by atoms with Gasteiger partial charge in [-0.05, 0) is 25.1 Å². The van der Waals surface area contributed by atoms with Crippen LogP contribution in [-0.4, -0.2) is 25.5 Å². The van der Waals surface area contributed by atoms with Crippen LogP contribution >= 0.6 is 11.6 Å². The van der Waals surface area contributed by atoms with Crippen LogP contribution in [-0.2, 0) is 0 Å². The Labute approximate surface area is 154 Å². The zero-order chi connectivity index (χ0) is 18.3. The van der Waals surface area contributed by atoms with Gasteiger partial charge in [-0.2, -0.15) is 5.10 Å². The fourth-order valence-corrected chi connectivity index (χ4v) is 2.88. The maximum atomic E-state index is 12.7. The van der Waals surface area contributed by atoms with Crippen LogP contribution in [0, 0.1) is 6.92 Å². The van der Waals surface area contributed by atoms with Crippen LogP contribution in [0.1, 0.15) is 21.5 Å². The van der Waals surface area contributed by atoms with Crippen molar-refractivity contribution in [3.63, 3.8) is 0 Å². The molecule has 26 heavy (non-hydrogen) atoms. The standard InChI is InChI=1S/C20H14ClN3O2/c1-12-2-4-13(5-3-12)17-9-19-22-10-14(11-24(19)23-17)20(26)16-8-15(21)6-7-18(16)25/h2-11,25H,1H3. The molecule has 2 aromatic carbocycles. The van der Waals surface area contributed by atoms with Crippen LogP contribution < -0.4 is 0 Å². The molecule has 5 nitrogen and oxygen atoms in total. The van der Waals surface area contributed by atoms with Gasteiger partial charge in [0.15, 0.2) is 11.4 Å². The average Bonchev–Trinajstić information content (AvgIpc) is 3.07. The normalized spacial score (nSPS) is 11.0. The average molecular weight is 364 g/mol. The third-order valence-corrected chi connectivity index (χ3v) is 4.36. The summed E-state index contributed by atoms with van der Waals surface area (Å²) in [6.07, 6.45) is 3.07. The number of ketones is 1. The van der Waals surface area contributed by atoms with E-state index in [0.717, 1.165) is 11.3 Å². The van der Waals surface area contributed by atoms with Gasteiger partial charge in [-0.25, -0.2) is 9.50 Å². The van der Waals surface area contributed by atoms with E-state index in [-0.39, 0.29) is 17.1 Å². The molecule has 0 saturated carbocycles. The first-order valence-electron chi connectivity index (χ1n) is 7.97. The van der Waals surface area contributed by atoms with Crippen molar-refractivity contribution in [3.8, 4) is 17.0 Å². The minimum atomic E-state index is -0.369. The summed E-state index contributed by atoms with van der Waals surface area (Å²) in [6, 6.07) is 14.2. The lowest BCUT2D eigenvalue weighted by Gasteiger charge is -2.04. The maximum Gasteiger partial charge on any atom is 0.199 e. The molecule has 2 aromatic heterocycles. The number of carbonyl (C=O) groups is 1. The Balaban J connectivity index is 1.74. The molecule has 0 saturated heterocycles. The van der Waals surface area contributed by atoms with E-state index in [0.29, 0.717) is 16.2 Å². The molecule has 0 aliphatic carbocycles. The van der Waals surface area contributed by atoms with Crippen LogP contribution in [0.25, 0.3) is 16.9 Å². The summed E-state index contributed by atoms with van der Waals surface area (Å²) in [5.41, 5.74) is 3.99. The van der Waals surface area contributed by atoms with Crippen molar-refractivity contribution in [2.45, 2.75) is 6.92 Å². The van der Waals surface area contributed by atoms with Crippen molar-refractivity contribution < 1.29 is 9.90 Å². The van der Waals surface area contributed by atoms with Gasteiger partial charge in [-0.3, -0.25) is 4.79 Å². The van der Waals surface area contributed by atoms with Gasteiger partial charge in [-0.15, -0.1) is 0 Å². The third kappa shape index (κ3) is 2.93. The molecular weight excluding hydrogens is 350 g/mol. The number of fused-ring (bicyclic) bond motifs is 1. The minimum Gasteiger partial charge on any atom is -0.507 e. The van der Waals surface area contributed by atoms with Gasteiger partial charge in [0, 0.05) is 29.0 Å². The van der Waals surface area contributed by atoms with Crippen molar-refractivity contribution in [3.05, 3.63) is 82.6 Å². The topological polar surface area (TPSA) is 67.5 Å². The highest BCUT2D eigenvalue weighted by Gasteiger charge is 2.16. The number of aromatic nitrogens is 3. The van der Waals surface area contributed by atoms with E-state index < -0.39 is 0 Å². The number of rotatable bonds is 3. The predicted molar refractivity (Wildman–Crippen MR) is 99.7 cm³/mol. The number of aromatic hydroxyl groups is 1. The highest BCUT2D eigenvalue weighted by Crippen LogP contribution is 2.25. The summed E-state index contributed by atoms with van der Waals surface area (Å²) >= 11 is 5.93. The monoisotopic (exact) mass is 363 g/mol. The van der Waals surface area contributed by atoms with Crippen molar-refractivity contribution >= 4 is 23.0 Å². The highest BCUT2D eigenvalue weighted by atomic mass is 35.5. The minimum absolute atomic E-state index is 0.125. The molecule has 0 spiro atoms. The largest absolute Gasteiger partial charge is 0.507 e. The maximum absolute atomic E-state index is 12.7. The molecular formula is C20H14ClN3O2. The smallest absolute Gasteiger partial charge is 0.199 e. The van der Waals surface area contributed by atoms with Crippen molar-refractivity contribution in [2.75, 3.05) is 0 Å². The lowest BCUT2D eigenvalue weighted by molar-refractivity contribution is 0.103. The number of phenols is 1. The first-order chi connectivity index (χ1) is 12.5. The molecule has 0 aliphatic rings. The van der Waals surface area contributed by atoms with E-state index in [1.807, 2.05) is 37.3 Å². The second-order valence-corrected chi connectivity index (χ2v) is 6.47. The molecule has 0 amide bonds. The SMILES string of the molecule is Cc1ccc(-c2cc3ncc(C(=O)c4cc(Cl)ccc4O)cn3n2)cc1. The first kappa shape index (κ1) is 16.3. The number of benzene rings is 2. The summed E-state index contributed by atoms with van der Waals surface area (Å²) in [4.78, 5) is 17.0. The van der Waals surface area contributed by atoms with Crippen molar-refractivity contribution in [1.29, 1.82) is 0 Å². The number of nitrogens with zero attached hydrogens (tertiary/aromatic N) is 3. The summed E-state index contributed by atoms with van der Waals surface area (Å²) in [6.45, 7) is 2.03. The van der Waals surface area contributed by atoms with Crippen molar-refractivity contribution in [2.24, 2.45) is 0 Å². The van der Waals surface area contributed by atoms with Gasteiger partial charge < -0.3 is 5.11 Å². The Morgan fingerprint density at radius 3 is 2.65 bits per heavy atom. The molecule has 0 radical (unpaired) electrons. The number of aryl methyl sites for hydroxylation is 1. The quantitative estimate of drug-likeness (QED) is 0.551.